The van der Waals surface area contributed by atoms with Crippen LogP contribution in [-0.2, 0) is 11.0 Å². The molecule has 2 atom stereocenters. The Hall–Kier alpha value is -0.180. The van der Waals surface area contributed by atoms with Gasteiger partial charge in [-0.15, -0.1) is 0 Å². The van der Waals surface area contributed by atoms with Crippen molar-refractivity contribution in [2.45, 2.75) is 72.0 Å². The minimum Gasteiger partial charge on any atom is -0.234 e. The van der Waals surface area contributed by atoms with Gasteiger partial charge in [-0.05, 0) is 40.0 Å². The van der Waals surface area contributed by atoms with Crippen LogP contribution in [0.3, 0.4) is 0 Å². The molecular formula is C13H27NOS. The molecule has 0 aromatic heterocycles. The summed E-state index contributed by atoms with van der Waals surface area (Å²) in [5, 5.41) is 0. The first-order chi connectivity index (χ1) is 7.27. The van der Waals surface area contributed by atoms with E-state index in [9.17, 15) is 4.21 Å². The second kappa shape index (κ2) is 7.21. The first-order valence-electron chi connectivity index (χ1n) is 6.23. The number of unbranched alkanes of at least 4 members (excludes halogenated alkanes) is 1. The van der Waals surface area contributed by atoms with Gasteiger partial charge in [-0.25, -0.2) is 4.21 Å². The third-order valence-electron chi connectivity index (χ3n) is 2.46. The van der Waals surface area contributed by atoms with Crippen LogP contribution in [0.5, 0.6) is 0 Å². The van der Waals surface area contributed by atoms with Gasteiger partial charge in [-0.1, -0.05) is 33.1 Å². The van der Waals surface area contributed by atoms with Crippen molar-refractivity contribution in [3.63, 3.8) is 0 Å². The van der Waals surface area contributed by atoms with E-state index in [1.165, 1.54) is 19.3 Å². The molecular weight excluding hydrogens is 218 g/mol. The lowest BCUT2D eigenvalue weighted by atomic mass is 9.99. The van der Waals surface area contributed by atoms with Crippen LogP contribution in [0.2, 0.25) is 0 Å². The van der Waals surface area contributed by atoms with E-state index in [0.717, 1.165) is 12.1 Å². The Bertz CT molecular complexity index is 253. The average molecular weight is 245 g/mol. The van der Waals surface area contributed by atoms with Crippen molar-refractivity contribution in [3.8, 4) is 0 Å². The fourth-order valence-electron chi connectivity index (χ4n) is 1.47. The Morgan fingerprint density at radius 2 is 1.94 bits per heavy atom. The topological polar surface area (TPSA) is 29.4 Å². The summed E-state index contributed by atoms with van der Waals surface area (Å²) in [4.78, 5) is 0. The summed E-state index contributed by atoms with van der Waals surface area (Å²) >= 11 is 0. The van der Waals surface area contributed by atoms with Crippen LogP contribution in [0.1, 0.15) is 67.2 Å². The molecule has 0 rings (SSSR count). The summed E-state index contributed by atoms with van der Waals surface area (Å²) in [6.07, 6.45) is 4.73. The molecule has 0 saturated heterocycles. The highest BCUT2D eigenvalue weighted by Crippen LogP contribution is 2.16. The van der Waals surface area contributed by atoms with Gasteiger partial charge in [0.05, 0.1) is 4.75 Å². The lowest BCUT2D eigenvalue weighted by Gasteiger charge is -2.15. The summed E-state index contributed by atoms with van der Waals surface area (Å²) in [6.45, 7) is 12.3. The molecule has 0 aliphatic heterocycles. The van der Waals surface area contributed by atoms with E-state index in [2.05, 4.69) is 18.2 Å². The smallest absolute Gasteiger partial charge is 0.144 e. The van der Waals surface area contributed by atoms with E-state index in [0.29, 0.717) is 5.92 Å². The predicted molar refractivity (Wildman–Crippen MR) is 74.3 cm³/mol. The fourth-order valence-corrected chi connectivity index (χ4v) is 2.11. The van der Waals surface area contributed by atoms with Gasteiger partial charge in [0.2, 0.25) is 0 Å². The van der Waals surface area contributed by atoms with Crippen LogP contribution in [0.4, 0.5) is 0 Å². The molecule has 0 fully saturated rings. The Morgan fingerprint density at radius 3 is 2.38 bits per heavy atom. The van der Waals surface area contributed by atoms with E-state index in [4.69, 9.17) is 0 Å². The monoisotopic (exact) mass is 245 g/mol. The third kappa shape index (κ3) is 7.15. The maximum Gasteiger partial charge on any atom is 0.144 e. The zero-order valence-corrected chi connectivity index (χ0v) is 12.5. The van der Waals surface area contributed by atoms with E-state index in [-0.39, 0.29) is 4.75 Å². The normalized spacial score (nSPS) is 17.2. The molecule has 0 saturated carbocycles. The van der Waals surface area contributed by atoms with Crippen LogP contribution >= 0.6 is 0 Å². The SMILES string of the molecule is CCCC[C@@H](C)C/C(C)=N/S(=O)C(C)(C)C. The van der Waals surface area contributed by atoms with Crippen LogP contribution < -0.4 is 0 Å². The molecule has 0 N–H and O–H groups in total. The summed E-state index contributed by atoms with van der Waals surface area (Å²) in [6, 6.07) is 0. The van der Waals surface area contributed by atoms with Crippen molar-refractivity contribution in [1.29, 1.82) is 0 Å². The van der Waals surface area contributed by atoms with Crippen LogP contribution in [-0.4, -0.2) is 14.7 Å². The standard InChI is InChI=1S/C13H27NOS/c1-7-8-9-11(2)10-12(3)14-16(15)13(4,5)6/h11H,7-10H2,1-6H3/b14-12+/t11-,16?/m1/s1. The lowest BCUT2D eigenvalue weighted by Crippen LogP contribution is -2.20. The highest BCUT2D eigenvalue weighted by atomic mass is 32.2. The van der Waals surface area contributed by atoms with Gasteiger partial charge >= 0.3 is 0 Å². The van der Waals surface area contributed by atoms with Gasteiger partial charge in [0, 0.05) is 5.71 Å². The van der Waals surface area contributed by atoms with Crippen LogP contribution in [0, 0.1) is 5.92 Å². The molecule has 2 nitrogen and oxygen atoms in total. The van der Waals surface area contributed by atoms with E-state index in [1.807, 2.05) is 27.7 Å². The minimum atomic E-state index is -1.10. The van der Waals surface area contributed by atoms with Crippen molar-refractivity contribution in [1.82, 2.24) is 0 Å². The van der Waals surface area contributed by atoms with Crippen molar-refractivity contribution in [2.75, 3.05) is 0 Å². The number of hydrogen-bond donors (Lipinski definition) is 0. The lowest BCUT2D eigenvalue weighted by molar-refractivity contribution is 0.522. The predicted octanol–water partition coefficient (Wildman–Crippen LogP) is 4.13. The quantitative estimate of drug-likeness (QED) is 0.647. The Labute approximate surface area is 104 Å². The molecule has 3 heteroatoms. The number of rotatable bonds is 6. The van der Waals surface area contributed by atoms with Crippen LogP contribution in [0.25, 0.3) is 0 Å². The summed E-state index contributed by atoms with van der Waals surface area (Å²) in [5.74, 6) is 0.653. The summed E-state index contributed by atoms with van der Waals surface area (Å²) in [7, 11) is -1.10. The molecule has 0 radical (unpaired) electrons. The fraction of sp³-hybridized carbons (Fsp3) is 0.923. The molecule has 0 spiro atoms. The maximum atomic E-state index is 11.8. The molecule has 0 aromatic rings. The van der Waals surface area contributed by atoms with Gasteiger partial charge < -0.3 is 0 Å². The molecule has 96 valence electrons. The Morgan fingerprint density at radius 1 is 1.38 bits per heavy atom. The van der Waals surface area contributed by atoms with Gasteiger partial charge in [-0.3, -0.25) is 0 Å². The van der Waals surface area contributed by atoms with E-state index < -0.39 is 11.0 Å². The van der Waals surface area contributed by atoms with Crippen molar-refractivity contribution < 1.29 is 4.21 Å². The molecule has 0 amide bonds. The molecule has 0 aliphatic rings. The van der Waals surface area contributed by atoms with Gasteiger partial charge in [0.1, 0.15) is 11.0 Å². The van der Waals surface area contributed by atoms with E-state index in [1.54, 1.807) is 0 Å². The molecule has 16 heavy (non-hydrogen) atoms. The molecule has 0 bridgehead atoms. The minimum absolute atomic E-state index is 0.242. The highest BCUT2D eigenvalue weighted by molar-refractivity contribution is 7.85. The van der Waals surface area contributed by atoms with E-state index >= 15 is 0 Å². The van der Waals surface area contributed by atoms with Crippen molar-refractivity contribution >= 4 is 16.7 Å². The van der Waals surface area contributed by atoms with Gasteiger partial charge in [-0.2, -0.15) is 4.40 Å². The van der Waals surface area contributed by atoms with Crippen LogP contribution in [0.15, 0.2) is 4.40 Å². The largest absolute Gasteiger partial charge is 0.234 e. The zero-order valence-electron chi connectivity index (χ0n) is 11.7. The van der Waals surface area contributed by atoms with Crippen molar-refractivity contribution in [2.24, 2.45) is 10.3 Å². The highest BCUT2D eigenvalue weighted by Gasteiger charge is 2.19. The first kappa shape index (κ1) is 15.8. The zero-order chi connectivity index (χ0) is 12.8. The second-order valence-electron chi connectivity index (χ2n) is 5.64. The summed E-state index contributed by atoms with van der Waals surface area (Å²) in [5.41, 5.74) is 1.02. The average Bonchev–Trinajstić information content (AvgIpc) is 2.12. The molecule has 0 heterocycles. The molecule has 0 aliphatic carbocycles. The molecule has 1 unspecified atom stereocenters. The Balaban J connectivity index is 4.19. The summed E-state index contributed by atoms with van der Waals surface area (Å²) < 4.78 is 15.8. The van der Waals surface area contributed by atoms with Gasteiger partial charge in [0.15, 0.2) is 0 Å². The third-order valence-corrected chi connectivity index (χ3v) is 3.98. The maximum absolute atomic E-state index is 11.8. The van der Waals surface area contributed by atoms with Gasteiger partial charge in [0.25, 0.3) is 0 Å². The first-order valence-corrected chi connectivity index (χ1v) is 7.34. The van der Waals surface area contributed by atoms with Crippen molar-refractivity contribution in [3.05, 3.63) is 0 Å². The number of hydrogen-bond acceptors (Lipinski definition) is 1. The Kier molecular flexibility index (Phi) is 7.12. The second-order valence-corrected chi connectivity index (χ2v) is 7.55. The number of nitrogens with zero attached hydrogens (tertiary/aromatic N) is 1. The molecule has 0 aromatic carbocycles.